The van der Waals surface area contributed by atoms with Crippen LogP contribution in [0.15, 0.2) is 20.9 Å². The van der Waals surface area contributed by atoms with E-state index in [1.807, 2.05) is 4.90 Å². The Morgan fingerprint density at radius 2 is 2.15 bits per heavy atom. The van der Waals surface area contributed by atoms with Gasteiger partial charge in [-0.2, -0.15) is 0 Å². The van der Waals surface area contributed by atoms with Crippen molar-refractivity contribution >= 4 is 63.1 Å². The second kappa shape index (κ2) is 13.8. The van der Waals surface area contributed by atoms with E-state index in [-0.39, 0.29) is 24.0 Å². The Kier molecular flexibility index (Phi) is 12.5. The standard InChI is InChI=1S/C18H29BrN4OS.HI/c1-2-20-18(22-12-10-15-8-9-16(19)25-15)21-11-6-14-23-13-5-3-4-7-17(23)24;/h8-9H,2-7,10-14H2,1H3,(H2,20,21,22);1H. The maximum atomic E-state index is 12.0. The molecule has 26 heavy (non-hydrogen) atoms. The topological polar surface area (TPSA) is 56.7 Å². The van der Waals surface area contributed by atoms with Crippen molar-refractivity contribution in [2.45, 2.75) is 45.4 Å². The highest BCUT2D eigenvalue weighted by Crippen LogP contribution is 2.22. The number of hydrogen-bond acceptors (Lipinski definition) is 3. The van der Waals surface area contributed by atoms with Gasteiger partial charge in [0.15, 0.2) is 5.96 Å². The van der Waals surface area contributed by atoms with Crippen molar-refractivity contribution in [2.24, 2.45) is 4.99 Å². The molecule has 8 heteroatoms. The lowest BCUT2D eigenvalue weighted by molar-refractivity contribution is -0.130. The third-order valence-electron chi connectivity index (χ3n) is 4.16. The largest absolute Gasteiger partial charge is 0.357 e. The van der Waals surface area contributed by atoms with Crippen LogP contribution in [0.4, 0.5) is 0 Å². The fourth-order valence-electron chi connectivity index (χ4n) is 2.86. The molecule has 2 heterocycles. The average Bonchev–Trinajstić information content (AvgIpc) is 2.90. The van der Waals surface area contributed by atoms with Gasteiger partial charge in [-0.3, -0.25) is 9.79 Å². The molecule has 1 aromatic rings. The number of guanidine groups is 1. The highest BCUT2D eigenvalue weighted by atomic mass is 127. The van der Waals surface area contributed by atoms with Crippen molar-refractivity contribution in [2.75, 3.05) is 32.7 Å². The second-order valence-electron chi connectivity index (χ2n) is 6.19. The zero-order valence-corrected chi connectivity index (χ0v) is 20.2. The number of carbonyl (C=O) groups excluding carboxylic acids is 1. The van der Waals surface area contributed by atoms with Crippen molar-refractivity contribution in [1.82, 2.24) is 15.5 Å². The van der Waals surface area contributed by atoms with Crippen molar-refractivity contribution in [3.63, 3.8) is 0 Å². The Bertz CT molecular complexity index is 567. The van der Waals surface area contributed by atoms with E-state index in [0.717, 1.165) is 64.4 Å². The minimum absolute atomic E-state index is 0. The number of thiophene rings is 1. The van der Waals surface area contributed by atoms with Gasteiger partial charge in [0.05, 0.1) is 3.79 Å². The Balaban J connectivity index is 0.00000338. The van der Waals surface area contributed by atoms with Crippen LogP contribution < -0.4 is 10.6 Å². The third kappa shape index (κ3) is 9.03. The van der Waals surface area contributed by atoms with E-state index in [9.17, 15) is 4.79 Å². The van der Waals surface area contributed by atoms with Crippen molar-refractivity contribution < 1.29 is 4.79 Å². The van der Waals surface area contributed by atoms with Crippen LogP contribution in [0, 0.1) is 0 Å². The summed E-state index contributed by atoms with van der Waals surface area (Å²) in [6, 6.07) is 4.24. The summed E-state index contributed by atoms with van der Waals surface area (Å²) in [5, 5.41) is 6.67. The smallest absolute Gasteiger partial charge is 0.222 e. The molecule has 1 aromatic heterocycles. The van der Waals surface area contributed by atoms with Crippen LogP contribution in [0.2, 0.25) is 0 Å². The second-order valence-corrected chi connectivity index (χ2v) is 8.74. The number of hydrogen-bond donors (Lipinski definition) is 2. The number of nitrogens with one attached hydrogen (secondary N) is 2. The quantitative estimate of drug-likeness (QED) is 0.220. The van der Waals surface area contributed by atoms with Gasteiger partial charge in [0.1, 0.15) is 0 Å². The Morgan fingerprint density at radius 3 is 2.88 bits per heavy atom. The first-order valence-corrected chi connectivity index (χ1v) is 10.8. The summed E-state index contributed by atoms with van der Waals surface area (Å²) < 4.78 is 1.17. The minimum atomic E-state index is 0. The lowest BCUT2D eigenvalue weighted by atomic mass is 10.2. The van der Waals surface area contributed by atoms with Gasteiger partial charge in [-0.25, -0.2) is 0 Å². The van der Waals surface area contributed by atoms with E-state index in [2.05, 4.69) is 50.6 Å². The van der Waals surface area contributed by atoms with Crippen molar-refractivity contribution in [3.05, 3.63) is 20.8 Å². The number of aliphatic imine (C=N–C) groups is 1. The monoisotopic (exact) mass is 556 g/mol. The molecular weight excluding hydrogens is 527 g/mol. The van der Waals surface area contributed by atoms with E-state index in [1.54, 1.807) is 11.3 Å². The first kappa shape index (κ1) is 23.7. The number of carbonyl (C=O) groups is 1. The highest BCUT2D eigenvalue weighted by molar-refractivity contribution is 14.0. The molecule has 0 radical (unpaired) electrons. The number of nitrogens with zero attached hydrogens (tertiary/aromatic N) is 2. The normalized spacial score (nSPS) is 15.4. The van der Waals surface area contributed by atoms with Crippen molar-refractivity contribution in [1.29, 1.82) is 0 Å². The maximum Gasteiger partial charge on any atom is 0.222 e. The van der Waals surface area contributed by atoms with Gasteiger partial charge in [0.25, 0.3) is 0 Å². The average molecular weight is 557 g/mol. The van der Waals surface area contributed by atoms with Gasteiger partial charge >= 0.3 is 0 Å². The van der Waals surface area contributed by atoms with E-state index < -0.39 is 0 Å². The van der Waals surface area contributed by atoms with Crippen LogP contribution in [0.25, 0.3) is 0 Å². The van der Waals surface area contributed by atoms with Crippen LogP contribution >= 0.6 is 51.2 Å². The Hall–Kier alpha value is -0.350. The lowest BCUT2D eigenvalue weighted by Gasteiger charge is -2.20. The zero-order valence-electron chi connectivity index (χ0n) is 15.4. The van der Waals surface area contributed by atoms with E-state index >= 15 is 0 Å². The van der Waals surface area contributed by atoms with Gasteiger partial charge in [0, 0.05) is 44.0 Å². The van der Waals surface area contributed by atoms with Gasteiger partial charge in [-0.15, -0.1) is 35.3 Å². The number of amides is 1. The van der Waals surface area contributed by atoms with E-state index in [4.69, 9.17) is 0 Å². The summed E-state index contributed by atoms with van der Waals surface area (Å²) >= 11 is 5.27. The number of likely N-dealkylation sites (tertiary alicyclic amines) is 1. The molecule has 2 rings (SSSR count). The first-order chi connectivity index (χ1) is 12.2. The fraction of sp³-hybridized carbons (Fsp3) is 0.667. The lowest BCUT2D eigenvalue weighted by Crippen LogP contribution is -2.38. The first-order valence-electron chi connectivity index (χ1n) is 9.23. The molecule has 0 bridgehead atoms. The summed E-state index contributed by atoms with van der Waals surface area (Å²) in [7, 11) is 0. The molecule has 0 atom stereocenters. The van der Waals surface area contributed by atoms with E-state index in [1.165, 1.54) is 15.1 Å². The maximum absolute atomic E-state index is 12.0. The highest BCUT2D eigenvalue weighted by Gasteiger charge is 2.15. The van der Waals surface area contributed by atoms with E-state index in [0.29, 0.717) is 12.3 Å². The fourth-order valence-corrected chi connectivity index (χ4v) is 4.34. The van der Waals surface area contributed by atoms with Crippen LogP contribution in [-0.2, 0) is 11.2 Å². The molecule has 2 N–H and O–H groups in total. The molecule has 0 aromatic carbocycles. The Labute approximate surface area is 186 Å². The molecule has 0 aliphatic carbocycles. The molecule has 1 fully saturated rings. The summed E-state index contributed by atoms with van der Waals surface area (Å²) in [6.07, 6.45) is 5.98. The minimum Gasteiger partial charge on any atom is -0.357 e. The molecule has 1 saturated heterocycles. The Morgan fingerprint density at radius 1 is 1.31 bits per heavy atom. The van der Waals surface area contributed by atoms with Crippen LogP contribution in [0.5, 0.6) is 0 Å². The molecule has 0 spiro atoms. The molecule has 148 valence electrons. The van der Waals surface area contributed by atoms with Crippen molar-refractivity contribution in [3.8, 4) is 0 Å². The molecule has 1 aliphatic rings. The summed E-state index contributed by atoms with van der Waals surface area (Å²) in [6.45, 7) is 6.26. The summed E-state index contributed by atoms with van der Waals surface area (Å²) in [5.74, 6) is 1.17. The molecule has 0 unspecified atom stereocenters. The van der Waals surface area contributed by atoms with Gasteiger partial charge < -0.3 is 15.5 Å². The summed E-state index contributed by atoms with van der Waals surface area (Å²) in [4.78, 5) is 20.0. The molecular formula is C18H30BrIN4OS. The van der Waals surface area contributed by atoms with Crippen LogP contribution in [0.1, 0.15) is 43.9 Å². The zero-order chi connectivity index (χ0) is 17.9. The summed E-state index contributed by atoms with van der Waals surface area (Å²) in [5.41, 5.74) is 0. The number of rotatable bonds is 8. The third-order valence-corrected chi connectivity index (χ3v) is 5.85. The van der Waals surface area contributed by atoms with Gasteiger partial charge in [-0.1, -0.05) is 6.42 Å². The molecule has 0 saturated carbocycles. The SMILES string of the molecule is CCNC(=NCCCN1CCCCCC1=O)NCCc1ccc(Br)s1.I. The molecule has 5 nitrogen and oxygen atoms in total. The van der Waals surface area contributed by atoms with Gasteiger partial charge in [0.2, 0.25) is 5.91 Å². The van der Waals surface area contributed by atoms with Crippen LogP contribution in [-0.4, -0.2) is 49.5 Å². The van der Waals surface area contributed by atoms with Crippen LogP contribution in [0.3, 0.4) is 0 Å². The predicted octanol–water partition coefficient (Wildman–Crippen LogP) is 4.02. The molecule has 1 amide bonds. The molecule has 1 aliphatic heterocycles. The van der Waals surface area contributed by atoms with Gasteiger partial charge in [-0.05, 0) is 60.7 Å². The number of halogens is 2. The predicted molar refractivity (Wildman–Crippen MR) is 125 cm³/mol.